The quantitative estimate of drug-likeness (QED) is 0.629. The third-order valence-electron chi connectivity index (χ3n) is 2.10. The van der Waals surface area contributed by atoms with Crippen LogP contribution in [-0.4, -0.2) is 18.5 Å². The first kappa shape index (κ1) is 12.5. The molecule has 0 unspecified atom stereocenters. The summed E-state index contributed by atoms with van der Waals surface area (Å²) in [4.78, 5) is 12.1. The number of nitro groups is 1. The van der Waals surface area contributed by atoms with Gasteiger partial charge in [0.25, 0.3) is 5.69 Å². The summed E-state index contributed by atoms with van der Waals surface area (Å²) in [6, 6.07) is 6.76. The Kier molecular flexibility index (Phi) is 4.26. The van der Waals surface area contributed by atoms with Crippen LogP contribution in [0, 0.1) is 21.4 Å². The van der Waals surface area contributed by atoms with Gasteiger partial charge in [0.2, 0.25) is 0 Å². The van der Waals surface area contributed by atoms with E-state index in [0.29, 0.717) is 18.7 Å². The van der Waals surface area contributed by atoms with Gasteiger partial charge in [-0.15, -0.1) is 0 Å². The SMILES string of the molecule is CN(CCC#N)c1cc(Br)ccc1[N+](=O)[O-]. The molecule has 5 nitrogen and oxygen atoms in total. The van der Waals surface area contributed by atoms with Gasteiger partial charge in [0.05, 0.1) is 17.4 Å². The fraction of sp³-hybridized carbons (Fsp3) is 0.300. The number of hydrogen-bond donors (Lipinski definition) is 0. The van der Waals surface area contributed by atoms with Crippen molar-refractivity contribution in [2.45, 2.75) is 6.42 Å². The molecular weight excluding hydrogens is 274 g/mol. The molecule has 16 heavy (non-hydrogen) atoms. The Labute approximate surface area is 102 Å². The van der Waals surface area contributed by atoms with Crippen molar-refractivity contribution >= 4 is 27.3 Å². The number of halogens is 1. The van der Waals surface area contributed by atoms with Crippen LogP contribution in [0.15, 0.2) is 22.7 Å². The van der Waals surface area contributed by atoms with E-state index in [1.165, 1.54) is 6.07 Å². The average molecular weight is 284 g/mol. The Morgan fingerprint density at radius 3 is 2.88 bits per heavy atom. The highest BCUT2D eigenvalue weighted by Crippen LogP contribution is 2.30. The zero-order valence-electron chi connectivity index (χ0n) is 8.68. The number of nitro benzene ring substituents is 1. The summed E-state index contributed by atoms with van der Waals surface area (Å²) in [6.07, 6.45) is 0.333. The first-order chi connectivity index (χ1) is 7.56. The van der Waals surface area contributed by atoms with Crippen LogP contribution in [0.3, 0.4) is 0 Å². The van der Waals surface area contributed by atoms with Crippen LogP contribution in [0.4, 0.5) is 11.4 Å². The van der Waals surface area contributed by atoms with E-state index in [4.69, 9.17) is 5.26 Å². The molecule has 0 atom stereocenters. The fourth-order valence-corrected chi connectivity index (χ4v) is 1.64. The Morgan fingerprint density at radius 2 is 2.31 bits per heavy atom. The summed E-state index contributed by atoms with van der Waals surface area (Å²) in [5.41, 5.74) is 0.554. The van der Waals surface area contributed by atoms with Crippen molar-refractivity contribution in [2.75, 3.05) is 18.5 Å². The predicted octanol–water partition coefficient (Wildman–Crippen LogP) is 2.71. The minimum absolute atomic E-state index is 0.0450. The Balaban J connectivity index is 3.05. The monoisotopic (exact) mass is 283 g/mol. The number of nitriles is 1. The third-order valence-corrected chi connectivity index (χ3v) is 2.60. The van der Waals surface area contributed by atoms with E-state index in [2.05, 4.69) is 15.9 Å². The molecule has 0 spiro atoms. The van der Waals surface area contributed by atoms with Gasteiger partial charge >= 0.3 is 0 Å². The van der Waals surface area contributed by atoms with Crippen molar-refractivity contribution in [3.8, 4) is 6.07 Å². The van der Waals surface area contributed by atoms with Gasteiger partial charge in [-0.2, -0.15) is 5.26 Å². The second kappa shape index (κ2) is 5.47. The molecule has 1 aromatic carbocycles. The van der Waals surface area contributed by atoms with E-state index < -0.39 is 4.92 Å². The van der Waals surface area contributed by atoms with E-state index in [1.54, 1.807) is 24.1 Å². The maximum absolute atomic E-state index is 10.8. The second-order valence-electron chi connectivity index (χ2n) is 3.22. The van der Waals surface area contributed by atoms with Gasteiger partial charge in [-0.05, 0) is 12.1 Å². The smallest absolute Gasteiger partial charge is 0.292 e. The van der Waals surface area contributed by atoms with Crippen LogP contribution < -0.4 is 4.90 Å². The molecule has 1 rings (SSSR count). The van der Waals surface area contributed by atoms with Gasteiger partial charge in [0.15, 0.2) is 0 Å². The molecule has 0 aliphatic heterocycles. The average Bonchev–Trinajstić information content (AvgIpc) is 2.25. The van der Waals surface area contributed by atoms with E-state index in [0.717, 1.165) is 4.47 Å². The minimum Gasteiger partial charge on any atom is -0.368 e. The molecule has 0 heterocycles. The summed E-state index contributed by atoms with van der Waals surface area (Å²) in [5.74, 6) is 0. The largest absolute Gasteiger partial charge is 0.368 e. The summed E-state index contributed by atoms with van der Waals surface area (Å²) in [7, 11) is 1.73. The molecule has 0 aromatic heterocycles. The maximum atomic E-state index is 10.8. The molecule has 1 aromatic rings. The fourth-order valence-electron chi connectivity index (χ4n) is 1.29. The Morgan fingerprint density at radius 1 is 1.62 bits per heavy atom. The lowest BCUT2D eigenvalue weighted by Crippen LogP contribution is -2.19. The highest BCUT2D eigenvalue weighted by molar-refractivity contribution is 9.10. The zero-order chi connectivity index (χ0) is 12.1. The van der Waals surface area contributed by atoms with E-state index in [-0.39, 0.29) is 5.69 Å². The number of rotatable bonds is 4. The van der Waals surface area contributed by atoms with Crippen molar-refractivity contribution in [2.24, 2.45) is 0 Å². The number of anilines is 1. The van der Waals surface area contributed by atoms with Gasteiger partial charge < -0.3 is 4.90 Å². The molecule has 0 saturated carbocycles. The molecular formula is C10H10BrN3O2. The van der Waals surface area contributed by atoms with Crippen molar-refractivity contribution in [3.05, 3.63) is 32.8 Å². The summed E-state index contributed by atoms with van der Waals surface area (Å²) < 4.78 is 0.775. The van der Waals surface area contributed by atoms with Gasteiger partial charge in [-0.3, -0.25) is 10.1 Å². The van der Waals surface area contributed by atoms with Crippen LogP contribution in [0.2, 0.25) is 0 Å². The van der Waals surface area contributed by atoms with Crippen molar-refractivity contribution < 1.29 is 4.92 Å². The molecule has 0 aliphatic carbocycles. The molecule has 0 aliphatic rings. The zero-order valence-corrected chi connectivity index (χ0v) is 10.3. The molecule has 84 valence electrons. The number of nitrogens with zero attached hydrogens (tertiary/aromatic N) is 3. The van der Waals surface area contributed by atoms with Crippen molar-refractivity contribution in [3.63, 3.8) is 0 Å². The van der Waals surface area contributed by atoms with Gasteiger partial charge in [-0.1, -0.05) is 15.9 Å². The summed E-state index contributed by atoms with van der Waals surface area (Å²) in [5, 5.41) is 19.3. The lowest BCUT2D eigenvalue weighted by molar-refractivity contribution is -0.384. The van der Waals surface area contributed by atoms with Gasteiger partial charge in [0.1, 0.15) is 5.69 Å². The molecule has 0 fully saturated rings. The molecule has 0 radical (unpaired) electrons. The lowest BCUT2D eigenvalue weighted by atomic mass is 10.2. The normalized spacial score (nSPS) is 9.56. The lowest BCUT2D eigenvalue weighted by Gasteiger charge is -2.17. The predicted molar refractivity (Wildman–Crippen MR) is 64.3 cm³/mol. The van der Waals surface area contributed by atoms with Crippen LogP contribution in [-0.2, 0) is 0 Å². The van der Waals surface area contributed by atoms with E-state index >= 15 is 0 Å². The first-order valence-electron chi connectivity index (χ1n) is 4.58. The highest BCUT2D eigenvalue weighted by atomic mass is 79.9. The Bertz CT molecular complexity index is 442. The Hall–Kier alpha value is -1.61. The van der Waals surface area contributed by atoms with E-state index in [1.807, 2.05) is 6.07 Å². The van der Waals surface area contributed by atoms with Crippen molar-refractivity contribution in [1.29, 1.82) is 5.26 Å². The summed E-state index contributed by atoms with van der Waals surface area (Å²) in [6.45, 7) is 0.466. The highest BCUT2D eigenvalue weighted by Gasteiger charge is 2.16. The second-order valence-corrected chi connectivity index (χ2v) is 4.14. The van der Waals surface area contributed by atoms with Crippen LogP contribution in [0.5, 0.6) is 0 Å². The standard InChI is InChI=1S/C10H10BrN3O2/c1-13(6-2-5-12)10-7-8(11)3-4-9(10)14(15)16/h3-4,7H,2,6H2,1H3. The van der Waals surface area contributed by atoms with Crippen LogP contribution in [0.1, 0.15) is 6.42 Å². The van der Waals surface area contributed by atoms with Crippen LogP contribution in [0.25, 0.3) is 0 Å². The molecule has 0 saturated heterocycles. The van der Waals surface area contributed by atoms with Gasteiger partial charge in [0, 0.05) is 24.1 Å². The number of hydrogen-bond acceptors (Lipinski definition) is 4. The topological polar surface area (TPSA) is 70.2 Å². The summed E-state index contributed by atoms with van der Waals surface area (Å²) >= 11 is 3.27. The molecule has 0 bridgehead atoms. The maximum Gasteiger partial charge on any atom is 0.292 e. The van der Waals surface area contributed by atoms with Crippen LogP contribution >= 0.6 is 15.9 Å². The minimum atomic E-state index is -0.426. The van der Waals surface area contributed by atoms with Crippen molar-refractivity contribution in [1.82, 2.24) is 0 Å². The molecule has 0 amide bonds. The first-order valence-corrected chi connectivity index (χ1v) is 5.37. The molecule has 0 N–H and O–H groups in total. The number of benzene rings is 1. The van der Waals surface area contributed by atoms with Gasteiger partial charge in [-0.25, -0.2) is 0 Å². The third kappa shape index (κ3) is 2.94. The molecule has 6 heteroatoms. The van der Waals surface area contributed by atoms with E-state index in [9.17, 15) is 10.1 Å².